The SMILES string of the molecule is COc1ccccc1CN1C(=O)C(=O)/C(=C(/O)c2cccc([N+](=O)[O-])c2)C1c1c[nH]c2ccccc12. The standard InChI is InChI=1S/C27H21N3O6/c1-36-22-12-5-2-7-17(22)15-29-24(20-14-28-21-11-4-3-10-19(20)21)23(26(32)27(29)33)25(31)16-8-6-9-18(13-16)30(34)35/h2-14,24,28,31H,15H2,1H3/b25-23+. The van der Waals surface area contributed by atoms with E-state index in [-0.39, 0.29) is 23.4 Å². The molecule has 36 heavy (non-hydrogen) atoms. The van der Waals surface area contributed by atoms with Crippen LogP contribution >= 0.6 is 0 Å². The van der Waals surface area contributed by atoms with Gasteiger partial charge in [0.2, 0.25) is 0 Å². The molecular formula is C27H21N3O6. The summed E-state index contributed by atoms with van der Waals surface area (Å²) in [6.07, 6.45) is 1.71. The van der Waals surface area contributed by atoms with Crippen molar-refractivity contribution in [2.75, 3.05) is 7.11 Å². The summed E-state index contributed by atoms with van der Waals surface area (Å²) in [5, 5.41) is 23.3. The van der Waals surface area contributed by atoms with Crippen LogP contribution in [0.4, 0.5) is 5.69 Å². The minimum absolute atomic E-state index is 0.0461. The number of aromatic nitrogens is 1. The second-order valence-corrected chi connectivity index (χ2v) is 8.34. The normalized spacial score (nSPS) is 17.0. The van der Waals surface area contributed by atoms with E-state index in [1.165, 1.54) is 36.3 Å². The van der Waals surface area contributed by atoms with Crippen molar-refractivity contribution in [3.8, 4) is 5.75 Å². The lowest BCUT2D eigenvalue weighted by Crippen LogP contribution is -2.29. The number of nitro benzene ring substituents is 1. The number of non-ortho nitro benzene ring substituents is 1. The van der Waals surface area contributed by atoms with Gasteiger partial charge in [0.25, 0.3) is 17.4 Å². The molecule has 1 aromatic heterocycles. The number of nitrogens with zero attached hydrogens (tertiary/aromatic N) is 2. The third-order valence-corrected chi connectivity index (χ3v) is 6.32. The summed E-state index contributed by atoms with van der Waals surface area (Å²) in [4.78, 5) is 41.9. The number of benzene rings is 3. The number of para-hydroxylation sites is 2. The highest BCUT2D eigenvalue weighted by Crippen LogP contribution is 2.43. The van der Waals surface area contributed by atoms with Crippen molar-refractivity contribution in [2.24, 2.45) is 0 Å². The average Bonchev–Trinajstić information content (AvgIpc) is 3.43. The van der Waals surface area contributed by atoms with Crippen molar-refractivity contribution in [3.05, 3.63) is 111 Å². The number of Topliss-reactive ketones (excluding diaryl/α,β-unsaturated/α-hetero) is 1. The molecule has 1 atom stereocenters. The Morgan fingerprint density at radius 3 is 2.61 bits per heavy atom. The number of rotatable bonds is 6. The second-order valence-electron chi connectivity index (χ2n) is 8.34. The quantitative estimate of drug-likeness (QED) is 0.135. The fourth-order valence-electron chi connectivity index (χ4n) is 4.63. The van der Waals surface area contributed by atoms with Crippen molar-refractivity contribution in [3.63, 3.8) is 0 Å². The molecule has 9 heteroatoms. The maximum Gasteiger partial charge on any atom is 0.295 e. The summed E-state index contributed by atoms with van der Waals surface area (Å²) in [5.74, 6) is -1.59. The number of ether oxygens (including phenoxy) is 1. The van der Waals surface area contributed by atoms with Gasteiger partial charge in [-0.2, -0.15) is 0 Å². The first-order chi connectivity index (χ1) is 17.4. The third kappa shape index (κ3) is 3.76. The van der Waals surface area contributed by atoms with Crippen molar-refractivity contribution < 1.29 is 24.4 Å². The Labute approximate surface area is 205 Å². The molecular weight excluding hydrogens is 462 g/mol. The van der Waals surface area contributed by atoms with Crippen molar-refractivity contribution in [1.29, 1.82) is 0 Å². The summed E-state index contributed by atoms with van der Waals surface area (Å²) >= 11 is 0. The number of likely N-dealkylation sites (tertiary alicyclic amines) is 1. The monoisotopic (exact) mass is 483 g/mol. The van der Waals surface area contributed by atoms with Gasteiger partial charge in [0.15, 0.2) is 0 Å². The molecule has 1 aliphatic heterocycles. The molecule has 180 valence electrons. The van der Waals surface area contributed by atoms with Gasteiger partial charge in [0, 0.05) is 45.9 Å². The Morgan fingerprint density at radius 2 is 1.83 bits per heavy atom. The first-order valence-electron chi connectivity index (χ1n) is 11.1. The Kier molecular flexibility index (Phi) is 5.73. The van der Waals surface area contributed by atoms with Crippen LogP contribution < -0.4 is 4.74 Å². The van der Waals surface area contributed by atoms with E-state index in [0.717, 1.165) is 10.9 Å². The molecule has 2 N–H and O–H groups in total. The summed E-state index contributed by atoms with van der Waals surface area (Å²) < 4.78 is 5.44. The van der Waals surface area contributed by atoms with Gasteiger partial charge in [0.1, 0.15) is 11.5 Å². The molecule has 0 spiro atoms. The number of ketones is 1. The van der Waals surface area contributed by atoms with Gasteiger partial charge in [-0.3, -0.25) is 19.7 Å². The molecule has 9 nitrogen and oxygen atoms in total. The van der Waals surface area contributed by atoms with Crippen LogP contribution in [0.2, 0.25) is 0 Å². The molecule has 1 unspecified atom stereocenters. The molecule has 0 saturated carbocycles. The van der Waals surface area contributed by atoms with Crippen LogP contribution in [0.1, 0.15) is 22.7 Å². The number of hydrogen-bond donors (Lipinski definition) is 2. The molecule has 0 radical (unpaired) electrons. The van der Waals surface area contributed by atoms with Crippen LogP contribution in [0, 0.1) is 10.1 Å². The smallest absolute Gasteiger partial charge is 0.295 e. The molecule has 5 rings (SSSR count). The Morgan fingerprint density at radius 1 is 1.08 bits per heavy atom. The van der Waals surface area contributed by atoms with Gasteiger partial charge in [0.05, 0.1) is 30.2 Å². The highest BCUT2D eigenvalue weighted by atomic mass is 16.6. The summed E-state index contributed by atoms with van der Waals surface area (Å²) in [6.45, 7) is 0.0461. The largest absolute Gasteiger partial charge is 0.507 e. The number of nitro groups is 1. The van der Waals surface area contributed by atoms with Gasteiger partial charge in [-0.05, 0) is 12.1 Å². The minimum Gasteiger partial charge on any atom is -0.507 e. The van der Waals surface area contributed by atoms with E-state index >= 15 is 0 Å². The highest BCUT2D eigenvalue weighted by molar-refractivity contribution is 6.46. The van der Waals surface area contributed by atoms with Gasteiger partial charge in [-0.25, -0.2) is 0 Å². The predicted molar refractivity (Wildman–Crippen MR) is 132 cm³/mol. The topological polar surface area (TPSA) is 126 Å². The van der Waals surface area contributed by atoms with E-state index in [0.29, 0.717) is 16.9 Å². The molecule has 0 bridgehead atoms. The summed E-state index contributed by atoms with van der Waals surface area (Å²) in [6, 6.07) is 19.0. The van der Waals surface area contributed by atoms with E-state index in [1.54, 1.807) is 30.5 Å². The van der Waals surface area contributed by atoms with E-state index < -0.39 is 28.4 Å². The lowest BCUT2D eigenvalue weighted by Gasteiger charge is -2.25. The maximum atomic E-state index is 13.4. The van der Waals surface area contributed by atoms with Gasteiger partial charge in [-0.15, -0.1) is 0 Å². The fraction of sp³-hybridized carbons (Fsp3) is 0.111. The number of aromatic amines is 1. The number of H-pyrrole nitrogens is 1. The molecule has 4 aromatic rings. The second kappa shape index (κ2) is 9.03. The number of carbonyl (C=O) groups is 2. The van der Waals surface area contributed by atoms with E-state index in [4.69, 9.17) is 4.74 Å². The Hall–Kier alpha value is -4.92. The number of aliphatic hydroxyl groups excluding tert-OH is 1. The number of carbonyl (C=O) groups excluding carboxylic acids is 2. The first kappa shape index (κ1) is 22.9. The van der Waals surface area contributed by atoms with Crippen LogP contribution in [-0.2, 0) is 16.1 Å². The first-order valence-corrected chi connectivity index (χ1v) is 11.1. The van der Waals surface area contributed by atoms with Gasteiger partial charge in [-0.1, -0.05) is 48.5 Å². The van der Waals surface area contributed by atoms with Crippen molar-refractivity contribution in [1.82, 2.24) is 9.88 Å². The predicted octanol–water partition coefficient (Wildman–Crippen LogP) is 4.71. The summed E-state index contributed by atoms with van der Waals surface area (Å²) in [5.41, 5.74) is 1.79. The number of hydrogen-bond acceptors (Lipinski definition) is 6. The number of fused-ring (bicyclic) bond motifs is 1. The molecule has 0 aliphatic carbocycles. The Balaban J connectivity index is 1.72. The zero-order valence-electron chi connectivity index (χ0n) is 19.2. The molecule has 3 aromatic carbocycles. The minimum atomic E-state index is -0.940. The van der Waals surface area contributed by atoms with E-state index in [2.05, 4.69) is 4.98 Å². The van der Waals surface area contributed by atoms with Crippen molar-refractivity contribution in [2.45, 2.75) is 12.6 Å². The fourth-order valence-corrected chi connectivity index (χ4v) is 4.63. The van der Waals surface area contributed by atoms with E-state index in [1.807, 2.05) is 24.3 Å². The van der Waals surface area contributed by atoms with Crippen molar-refractivity contribution >= 4 is 34.0 Å². The Bertz CT molecular complexity index is 1550. The molecule has 1 fully saturated rings. The number of methoxy groups -OCH3 is 1. The van der Waals surface area contributed by atoms with Gasteiger partial charge < -0.3 is 19.7 Å². The number of aliphatic hydroxyl groups is 1. The van der Waals surface area contributed by atoms with Crippen LogP contribution in [0.25, 0.3) is 16.7 Å². The lowest BCUT2D eigenvalue weighted by atomic mass is 9.94. The van der Waals surface area contributed by atoms with Crippen LogP contribution in [-0.4, -0.2) is 38.7 Å². The van der Waals surface area contributed by atoms with E-state index in [9.17, 15) is 24.8 Å². The number of nitrogens with one attached hydrogen (secondary N) is 1. The van der Waals surface area contributed by atoms with Gasteiger partial charge >= 0.3 is 0 Å². The van der Waals surface area contributed by atoms with Crippen LogP contribution in [0.3, 0.4) is 0 Å². The zero-order chi connectivity index (χ0) is 25.4. The molecule has 1 aliphatic rings. The highest BCUT2D eigenvalue weighted by Gasteiger charge is 2.47. The summed E-state index contributed by atoms with van der Waals surface area (Å²) in [7, 11) is 1.52. The molecule has 1 saturated heterocycles. The average molecular weight is 483 g/mol. The van der Waals surface area contributed by atoms with Crippen LogP contribution in [0.5, 0.6) is 5.75 Å². The third-order valence-electron chi connectivity index (χ3n) is 6.32. The lowest BCUT2D eigenvalue weighted by molar-refractivity contribution is -0.384. The number of amides is 1. The zero-order valence-corrected chi connectivity index (χ0v) is 19.2. The van der Waals surface area contributed by atoms with Crippen LogP contribution in [0.15, 0.2) is 84.6 Å². The maximum absolute atomic E-state index is 13.4. The molecule has 2 heterocycles. The molecule has 1 amide bonds.